The Morgan fingerprint density at radius 1 is 1.04 bits per heavy atom. The maximum absolute atomic E-state index is 10.6. The van der Waals surface area contributed by atoms with E-state index >= 15 is 0 Å². The van der Waals surface area contributed by atoms with E-state index in [0.29, 0.717) is 6.42 Å². The molecular weight excluding hydrogens is 338 g/mol. The van der Waals surface area contributed by atoms with Crippen LogP contribution in [0.1, 0.15) is 43.2 Å². The monoisotopic (exact) mass is 365 g/mol. The molecular formula is C23H27NO3. The van der Waals surface area contributed by atoms with Crippen molar-refractivity contribution in [1.29, 1.82) is 0 Å². The number of unbranched alkanes of at least 4 members (excludes halogenated alkanes) is 3. The van der Waals surface area contributed by atoms with Gasteiger partial charge in [0.2, 0.25) is 0 Å². The fourth-order valence-electron chi connectivity index (χ4n) is 2.63. The summed E-state index contributed by atoms with van der Waals surface area (Å²) in [6.07, 6.45) is 5.00. The van der Waals surface area contributed by atoms with Crippen LogP contribution in [0.4, 0.5) is 5.69 Å². The van der Waals surface area contributed by atoms with E-state index in [0.717, 1.165) is 54.8 Å². The number of ether oxygens (including phenoxy) is 1. The van der Waals surface area contributed by atoms with Crippen molar-refractivity contribution >= 4 is 11.7 Å². The second-order valence-corrected chi connectivity index (χ2v) is 6.36. The lowest BCUT2D eigenvalue weighted by Gasteiger charge is -2.07. The van der Waals surface area contributed by atoms with E-state index in [4.69, 9.17) is 9.84 Å². The van der Waals surface area contributed by atoms with Crippen LogP contribution in [-0.4, -0.2) is 24.7 Å². The Morgan fingerprint density at radius 2 is 1.78 bits per heavy atom. The molecule has 2 aromatic carbocycles. The summed E-state index contributed by atoms with van der Waals surface area (Å²) in [5.41, 5.74) is 3.15. The largest absolute Gasteiger partial charge is 0.497 e. The zero-order chi connectivity index (χ0) is 19.3. The van der Waals surface area contributed by atoms with Gasteiger partial charge >= 0.3 is 5.97 Å². The van der Waals surface area contributed by atoms with Crippen molar-refractivity contribution in [2.45, 2.75) is 38.5 Å². The maximum Gasteiger partial charge on any atom is 0.303 e. The number of aryl methyl sites for hydroxylation is 1. The van der Waals surface area contributed by atoms with Crippen molar-refractivity contribution in [2.24, 2.45) is 0 Å². The van der Waals surface area contributed by atoms with Crippen molar-refractivity contribution in [3.05, 3.63) is 59.7 Å². The van der Waals surface area contributed by atoms with E-state index in [-0.39, 0.29) is 6.42 Å². The number of nitrogens with one attached hydrogen (secondary N) is 1. The van der Waals surface area contributed by atoms with Crippen LogP contribution in [0.15, 0.2) is 48.5 Å². The lowest BCUT2D eigenvalue weighted by molar-refractivity contribution is -0.136. The first-order valence-corrected chi connectivity index (χ1v) is 9.35. The summed E-state index contributed by atoms with van der Waals surface area (Å²) in [6, 6.07) is 15.8. The van der Waals surface area contributed by atoms with Gasteiger partial charge in [-0.1, -0.05) is 30.4 Å². The molecule has 0 spiro atoms. The van der Waals surface area contributed by atoms with Crippen LogP contribution in [0.2, 0.25) is 0 Å². The number of carboxylic acid groups (broad SMARTS) is 1. The highest BCUT2D eigenvalue weighted by Crippen LogP contribution is 2.12. The van der Waals surface area contributed by atoms with Crippen molar-refractivity contribution in [3.8, 4) is 17.6 Å². The molecule has 0 aromatic heterocycles. The molecule has 0 radical (unpaired) electrons. The summed E-state index contributed by atoms with van der Waals surface area (Å²) in [5.74, 6) is 6.49. The van der Waals surface area contributed by atoms with Crippen molar-refractivity contribution in [3.63, 3.8) is 0 Å². The van der Waals surface area contributed by atoms with Gasteiger partial charge in [-0.05, 0) is 61.2 Å². The number of carbonyl (C=O) groups is 1. The highest BCUT2D eigenvalue weighted by Gasteiger charge is 1.99. The van der Waals surface area contributed by atoms with Crippen molar-refractivity contribution < 1.29 is 14.6 Å². The molecule has 2 N–H and O–H groups in total. The molecule has 0 atom stereocenters. The average Bonchev–Trinajstić information content (AvgIpc) is 2.69. The van der Waals surface area contributed by atoms with Crippen molar-refractivity contribution in [1.82, 2.24) is 0 Å². The third kappa shape index (κ3) is 8.33. The molecule has 4 nitrogen and oxygen atoms in total. The fraction of sp³-hybridized carbons (Fsp3) is 0.348. The van der Waals surface area contributed by atoms with E-state index in [1.54, 1.807) is 7.11 Å². The molecule has 0 saturated heterocycles. The van der Waals surface area contributed by atoms with Crippen molar-refractivity contribution in [2.75, 3.05) is 19.0 Å². The SMILES string of the molecule is COc1ccc(C#CCCCCCNc2ccc(CCC(=O)O)cc2)cc1. The molecule has 0 amide bonds. The Balaban J connectivity index is 1.57. The number of hydrogen-bond acceptors (Lipinski definition) is 3. The highest BCUT2D eigenvalue weighted by molar-refractivity contribution is 5.67. The van der Waals surface area contributed by atoms with E-state index in [1.165, 1.54) is 0 Å². The Kier molecular flexibility index (Phi) is 8.79. The number of methoxy groups -OCH3 is 1. The van der Waals surface area contributed by atoms with Gasteiger partial charge in [0, 0.05) is 30.6 Å². The molecule has 0 aliphatic carbocycles. The van der Waals surface area contributed by atoms with E-state index in [9.17, 15) is 4.79 Å². The fourth-order valence-corrected chi connectivity index (χ4v) is 2.63. The average molecular weight is 365 g/mol. The highest BCUT2D eigenvalue weighted by atomic mass is 16.5. The second kappa shape index (κ2) is 11.6. The van der Waals surface area contributed by atoms with Gasteiger partial charge in [-0.2, -0.15) is 0 Å². The molecule has 0 saturated carbocycles. The Bertz CT molecular complexity index is 755. The summed E-state index contributed by atoms with van der Waals surface area (Å²) in [5, 5.41) is 12.1. The lowest BCUT2D eigenvalue weighted by Crippen LogP contribution is -2.02. The first-order chi connectivity index (χ1) is 13.2. The molecule has 0 aliphatic heterocycles. The molecule has 142 valence electrons. The van der Waals surface area contributed by atoms with Crippen LogP contribution >= 0.6 is 0 Å². The van der Waals surface area contributed by atoms with E-state index in [1.807, 2.05) is 48.5 Å². The van der Waals surface area contributed by atoms with Gasteiger partial charge in [-0.15, -0.1) is 0 Å². The minimum Gasteiger partial charge on any atom is -0.497 e. The molecule has 27 heavy (non-hydrogen) atoms. The smallest absolute Gasteiger partial charge is 0.303 e. The van der Waals surface area contributed by atoms with Gasteiger partial charge in [0.1, 0.15) is 5.75 Å². The molecule has 4 heteroatoms. The van der Waals surface area contributed by atoms with Crippen LogP contribution in [0, 0.1) is 11.8 Å². The third-order valence-electron chi connectivity index (χ3n) is 4.21. The molecule has 0 bridgehead atoms. The predicted octanol–water partition coefficient (Wildman–Crippen LogP) is 4.74. The summed E-state index contributed by atoms with van der Waals surface area (Å²) in [6.45, 7) is 0.931. The Morgan fingerprint density at radius 3 is 2.44 bits per heavy atom. The normalized spacial score (nSPS) is 9.96. The summed E-state index contributed by atoms with van der Waals surface area (Å²) in [7, 11) is 1.66. The van der Waals surface area contributed by atoms with Gasteiger partial charge in [-0.25, -0.2) is 0 Å². The van der Waals surface area contributed by atoms with Gasteiger partial charge in [-0.3, -0.25) is 4.79 Å². The second-order valence-electron chi connectivity index (χ2n) is 6.36. The minimum atomic E-state index is -0.758. The topological polar surface area (TPSA) is 58.6 Å². The van der Waals surface area contributed by atoms with Crippen LogP contribution in [0.5, 0.6) is 5.75 Å². The van der Waals surface area contributed by atoms with Crippen LogP contribution < -0.4 is 10.1 Å². The van der Waals surface area contributed by atoms with E-state index < -0.39 is 5.97 Å². The zero-order valence-electron chi connectivity index (χ0n) is 15.8. The van der Waals surface area contributed by atoms with Crippen LogP contribution in [0.3, 0.4) is 0 Å². The van der Waals surface area contributed by atoms with Gasteiger partial charge < -0.3 is 15.2 Å². The third-order valence-corrected chi connectivity index (χ3v) is 4.21. The molecule has 0 heterocycles. The molecule has 0 aliphatic rings. The number of aliphatic carboxylic acids is 1. The maximum atomic E-state index is 10.6. The zero-order valence-corrected chi connectivity index (χ0v) is 15.8. The van der Waals surface area contributed by atoms with Gasteiger partial charge in [0.05, 0.1) is 7.11 Å². The quantitative estimate of drug-likeness (QED) is 0.472. The molecule has 2 rings (SSSR count). The standard InChI is InChI=1S/C23H27NO3/c1-27-22-15-10-19(11-16-22)7-5-3-2-4-6-18-24-21-13-8-20(9-14-21)12-17-23(25)26/h8-11,13-16,24H,2-4,6,12,17-18H2,1H3,(H,25,26). The summed E-state index contributed by atoms with van der Waals surface area (Å²) < 4.78 is 5.13. The van der Waals surface area contributed by atoms with Gasteiger partial charge in [0.15, 0.2) is 0 Å². The summed E-state index contributed by atoms with van der Waals surface area (Å²) in [4.78, 5) is 10.6. The number of carboxylic acids is 1. The number of rotatable bonds is 10. The first-order valence-electron chi connectivity index (χ1n) is 9.35. The molecule has 2 aromatic rings. The molecule has 0 unspecified atom stereocenters. The van der Waals surface area contributed by atoms with Gasteiger partial charge in [0.25, 0.3) is 0 Å². The predicted molar refractivity (Wildman–Crippen MR) is 109 cm³/mol. The van der Waals surface area contributed by atoms with Crippen LogP contribution in [0.25, 0.3) is 0 Å². The minimum absolute atomic E-state index is 0.175. The number of hydrogen-bond donors (Lipinski definition) is 2. The number of benzene rings is 2. The first kappa shape index (κ1) is 20.4. The number of anilines is 1. The summed E-state index contributed by atoms with van der Waals surface area (Å²) >= 11 is 0. The Hall–Kier alpha value is -2.93. The molecule has 0 fully saturated rings. The Labute approximate surface area is 161 Å². The lowest BCUT2D eigenvalue weighted by atomic mass is 10.1. The van der Waals surface area contributed by atoms with E-state index in [2.05, 4.69) is 17.2 Å². The van der Waals surface area contributed by atoms with Crippen LogP contribution in [-0.2, 0) is 11.2 Å².